The molecule has 0 unspecified atom stereocenters. The van der Waals surface area contributed by atoms with Gasteiger partial charge in [0.25, 0.3) is 0 Å². The first-order valence-corrected chi connectivity index (χ1v) is 8.74. The zero-order valence-corrected chi connectivity index (χ0v) is 14.9. The molecular formula is C25H23N. The second-order valence-corrected chi connectivity index (χ2v) is 6.10. The normalized spacial score (nSPS) is 10.6. The van der Waals surface area contributed by atoms with Gasteiger partial charge in [-0.25, -0.2) is 0 Å². The molecule has 0 spiro atoms. The molecule has 0 fully saturated rings. The van der Waals surface area contributed by atoms with E-state index in [1.807, 2.05) is 24.3 Å². The summed E-state index contributed by atoms with van der Waals surface area (Å²) < 4.78 is 0. The smallest absolute Gasteiger partial charge is 0.0461 e. The van der Waals surface area contributed by atoms with E-state index in [4.69, 9.17) is 0 Å². The summed E-state index contributed by atoms with van der Waals surface area (Å²) in [6, 6.07) is 29.5. The molecule has 0 aliphatic rings. The minimum atomic E-state index is 0.835. The number of nitrogens with zero attached hydrogens (tertiary/aromatic N) is 1. The van der Waals surface area contributed by atoms with Crippen molar-refractivity contribution >= 4 is 17.1 Å². The first kappa shape index (κ1) is 17.5. The van der Waals surface area contributed by atoms with Gasteiger partial charge in [0.1, 0.15) is 0 Å². The van der Waals surface area contributed by atoms with Crippen LogP contribution in [-0.2, 0) is 6.42 Å². The second kappa shape index (κ2) is 8.68. The van der Waals surface area contributed by atoms with E-state index >= 15 is 0 Å². The van der Waals surface area contributed by atoms with Gasteiger partial charge in [0.05, 0.1) is 0 Å². The van der Waals surface area contributed by atoms with Crippen LogP contribution in [0.4, 0.5) is 17.1 Å². The van der Waals surface area contributed by atoms with E-state index < -0.39 is 0 Å². The summed E-state index contributed by atoms with van der Waals surface area (Å²) in [6.45, 7) is 7.79. The van der Waals surface area contributed by atoms with Crippen molar-refractivity contribution in [2.45, 2.75) is 6.42 Å². The van der Waals surface area contributed by atoms with Crippen molar-refractivity contribution in [1.29, 1.82) is 0 Å². The number of para-hydroxylation sites is 2. The van der Waals surface area contributed by atoms with Gasteiger partial charge in [-0.05, 0) is 48.4 Å². The van der Waals surface area contributed by atoms with Crippen LogP contribution in [0.2, 0.25) is 0 Å². The Balaban J connectivity index is 1.89. The molecule has 0 atom stereocenters. The van der Waals surface area contributed by atoms with Crippen LogP contribution in [0.25, 0.3) is 0 Å². The third-order valence-corrected chi connectivity index (χ3v) is 4.12. The SMILES string of the molecule is C=C/C=C\C(=C)Cc1ccc(N(c2ccccc2)c2ccccc2)cc1. The van der Waals surface area contributed by atoms with Crippen LogP contribution >= 0.6 is 0 Å². The van der Waals surface area contributed by atoms with Crippen LogP contribution < -0.4 is 4.90 Å². The Morgan fingerprint density at radius 1 is 0.731 bits per heavy atom. The van der Waals surface area contributed by atoms with Gasteiger partial charge in [-0.15, -0.1) is 0 Å². The molecule has 1 nitrogen and oxygen atoms in total. The van der Waals surface area contributed by atoms with E-state index in [-0.39, 0.29) is 0 Å². The van der Waals surface area contributed by atoms with Crippen molar-refractivity contribution in [3.63, 3.8) is 0 Å². The molecule has 0 bridgehead atoms. The van der Waals surface area contributed by atoms with Gasteiger partial charge < -0.3 is 4.90 Å². The Hall–Kier alpha value is -3.32. The topological polar surface area (TPSA) is 3.24 Å². The van der Waals surface area contributed by atoms with Gasteiger partial charge in [-0.2, -0.15) is 0 Å². The number of benzene rings is 3. The van der Waals surface area contributed by atoms with Crippen molar-refractivity contribution < 1.29 is 0 Å². The number of anilines is 3. The predicted molar refractivity (Wildman–Crippen MR) is 113 cm³/mol. The second-order valence-electron chi connectivity index (χ2n) is 6.10. The first-order valence-electron chi connectivity index (χ1n) is 8.74. The molecule has 0 saturated carbocycles. The molecule has 0 aliphatic carbocycles. The van der Waals surface area contributed by atoms with E-state index in [2.05, 4.69) is 90.9 Å². The molecule has 0 aliphatic heterocycles. The molecule has 0 heterocycles. The summed E-state index contributed by atoms with van der Waals surface area (Å²) in [6.07, 6.45) is 6.53. The van der Waals surface area contributed by atoms with E-state index in [1.165, 1.54) is 5.56 Å². The maximum Gasteiger partial charge on any atom is 0.0461 e. The van der Waals surface area contributed by atoms with Crippen molar-refractivity contribution in [1.82, 2.24) is 0 Å². The summed E-state index contributed by atoms with van der Waals surface area (Å²) in [4.78, 5) is 2.26. The Labute approximate surface area is 156 Å². The highest BCUT2D eigenvalue weighted by atomic mass is 15.1. The maximum atomic E-state index is 4.10. The van der Waals surface area contributed by atoms with Crippen LogP contribution in [0.15, 0.2) is 122 Å². The van der Waals surface area contributed by atoms with Crippen molar-refractivity contribution in [3.8, 4) is 0 Å². The molecule has 3 rings (SSSR count). The van der Waals surface area contributed by atoms with Crippen LogP contribution in [0, 0.1) is 0 Å². The maximum absolute atomic E-state index is 4.10. The van der Waals surface area contributed by atoms with Crippen molar-refractivity contribution in [2.24, 2.45) is 0 Å². The molecule has 0 radical (unpaired) electrons. The van der Waals surface area contributed by atoms with E-state index in [1.54, 1.807) is 6.08 Å². The van der Waals surface area contributed by atoms with E-state index in [0.717, 1.165) is 29.1 Å². The van der Waals surface area contributed by atoms with E-state index in [9.17, 15) is 0 Å². The zero-order valence-electron chi connectivity index (χ0n) is 14.9. The van der Waals surface area contributed by atoms with Gasteiger partial charge in [-0.3, -0.25) is 0 Å². The minimum Gasteiger partial charge on any atom is -0.311 e. The zero-order chi connectivity index (χ0) is 18.2. The van der Waals surface area contributed by atoms with E-state index in [0.29, 0.717) is 0 Å². The molecule has 0 N–H and O–H groups in total. The average molecular weight is 337 g/mol. The average Bonchev–Trinajstić information content (AvgIpc) is 2.70. The minimum absolute atomic E-state index is 0.835. The first-order chi connectivity index (χ1) is 12.8. The number of allylic oxidation sites excluding steroid dienone is 4. The Morgan fingerprint density at radius 3 is 1.73 bits per heavy atom. The molecular weight excluding hydrogens is 314 g/mol. The summed E-state index contributed by atoms with van der Waals surface area (Å²) in [7, 11) is 0. The van der Waals surface area contributed by atoms with Crippen molar-refractivity contribution in [2.75, 3.05) is 4.90 Å². The van der Waals surface area contributed by atoms with Crippen LogP contribution in [0.1, 0.15) is 5.56 Å². The standard InChI is InChI=1S/C25H23N/c1-3-4-11-21(2)20-22-16-18-25(19-17-22)26(23-12-7-5-8-13-23)24-14-9-6-10-15-24/h3-19H,1-2,20H2/b11-4-. The fraction of sp³-hybridized carbons (Fsp3) is 0.0400. The number of rotatable bonds is 7. The lowest BCUT2D eigenvalue weighted by molar-refractivity contribution is 1.19. The van der Waals surface area contributed by atoms with Gasteiger partial charge in [0.2, 0.25) is 0 Å². The van der Waals surface area contributed by atoms with Gasteiger partial charge in [0, 0.05) is 17.1 Å². The molecule has 26 heavy (non-hydrogen) atoms. The summed E-state index contributed by atoms with van der Waals surface area (Å²) in [5.74, 6) is 0. The lowest BCUT2D eigenvalue weighted by Gasteiger charge is -2.25. The third-order valence-electron chi connectivity index (χ3n) is 4.12. The summed E-state index contributed by atoms with van der Waals surface area (Å²) >= 11 is 0. The van der Waals surface area contributed by atoms with Crippen LogP contribution in [-0.4, -0.2) is 0 Å². The van der Waals surface area contributed by atoms with Crippen molar-refractivity contribution in [3.05, 3.63) is 127 Å². The van der Waals surface area contributed by atoms with Gasteiger partial charge in [0.15, 0.2) is 0 Å². The molecule has 0 saturated heterocycles. The predicted octanol–water partition coefficient (Wildman–Crippen LogP) is 7.00. The number of hydrogen-bond donors (Lipinski definition) is 0. The molecule has 1 heteroatoms. The molecule has 0 aromatic heterocycles. The lowest BCUT2D eigenvalue weighted by atomic mass is 10.0. The molecule has 128 valence electrons. The lowest BCUT2D eigenvalue weighted by Crippen LogP contribution is -2.09. The molecule has 3 aromatic rings. The Kier molecular flexibility index (Phi) is 5.84. The Morgan fingerprint density at radius 2 is 1.23 bits per heavy atom. The number of hydrogen-bond acceptors (Lipinski definition) is 1. The molecule has 3 aromatic carbocycles. The fourth-order valence-electron chi connectivity index (χ4n) is 2.89. The highest BCUT2D eigenvalue weighted by Crippen LogP contribution is 2.34. The largest absolute Gasteiger partial charge is 0.311 e. The summed E-state index contributed by atoms with van der Waals surface area (Å²) in [5, 5.41) is 0. The highest BCUT2D eigenvalue weighted by molar-refractivity contribution is 5.76. The third kappa shape index (κ3) is 4.40. The van der Waals surface area contributed by atoms with Gasteiger partial charge in [-0.1, -0.05) is 85.5 Å². The highest BCUT2D eigenvalue weighted by Gasteiger charge is 2.11. The summed E-state index contributed by atoms with van der Waals surface area (Å²) in [5.41, 5.74) is 5.74. The van der Waals surface area contributed by atoms with Gasteiger partial charge >= 0.3 is 0 Å². The Bertz CT molecular complexity index is 835. The van der Waals surface area contributed by atoms with Crippen LogP contribution in [0.3, 0.4) is 0 Å². The van der Waals surface area contributed by atoms with Crippen LogP contribution in [0.5, 0.6) is 0 Å². The monoisotopic (exact) mass is 337 g/mol. The fourth-order valence-corrected chi connectivity index (χ4v) is 2.89. The quantitative estimate of drug-likeness (QED) is 0.420. The molecule has 0 amide bonds.